The number of hydrogen-bond donors (Lipinski definition) is 2. The third-order valence-electron chi connectivity index (χ3n) is 3.22. The van der Waals surface area contributed by atoms with Crippen molar-refractivity contribution in [2.45, 2.75) is 13.0 Å². The van der Waals surface area contributed by atoms with E-state index < -0.39 is 0 Å². The van der Waals surface area contributed by atoms with Crippen LogP contribution in [-0.4, -0.2) is 24.6 Å². The molecule has 2 N–H and O–H groups in total. The van der Waals surface area contributed by atoms with Crippen LogP contribution in [0.2, 0.25) is 0 Å². The maximum atomic E-state index is 4.54. The van der Waals surface area contributed by atoms with E-state index in [-0.39, 0.29) is 6.04 Å². The molecule has 0 aliphatic rings. The maximum Gasteiger partial charge on any atom is 0.212 e. The van der Waals surface area contributed by atoms with Gasteiger partial charge in [-0.05, 0) is 25.1 Å². The summed E-state index contributed by atoms with van der Waals surface area (Å²) in [6, 6.07) is 6.10. The normalized spacial score (nSPS) is 13.1. The lowest BCUT2D eigenvalue weighted by atomic mass is 10.2. The Morgan fingerprint density at radius 3 is 3.15 bits per heavy atom. The number of pyridine rings is 1. The molecule has 0 aliphatic heterocycles. The van der Waals surface area contributed by atoms with Gasteiger partial charge in [0, 0.05) is 11.6 Å². The number of anilines is 1. The van der Waals surface area contributed by atoms with E-state index in [0.29, 0.717) is 0 Å². The Kier molecular flexibility index (Phi) is 2.46. The molecular weight excluding hydrogens is 272 g/mol. The van der Waals surface area contributed by atoms with Crippen molar-refractivity contribution in [1.29, 1.82) is 0 Å². The van der Waals surface area contributed by atoms with Crippen LogP contribution in [0.1, 0.15) is 18.7 Å². The highest BCUT2D eigenvalue weighted by molar-refractivity contribution is 7.14. The molecule has 4 rings (SSSR count). The monoisotopic (exact) mass is 284 g/mol. The molecule has 0 aromatic carbocycles. The predicted molar refractivity (Wildman–Crippen MR) is 79.0 cm³/mol. The molecule has 7 heteroatoms. The Morgan fingerprint density at radius 1 is 1.30 bits per heavy atom. The van der Waals surface area contributed by atoms with E-state index in [2.05, 4.69) is 32.3 Å². The van der Waals surface area contributed by atoms with Crippen molar-refractivity contribution in [2.24, 2.45) is 0 Å². The van der Waals surface area contributed by atoms with Crippen molar-refractivity contribution in [3.8, 4) is 0 Å². The lowest BCUT2D eigenvalue weighted by molar-refractivity contribution is 0.839. The standard InChI is InChI=1S/C13H12N6S/c1-8(10-6-19-13(17-10)20-7-15-19)16-11-3-2-9-4-5-14-12(9)18-11/h2-8H,1H3,(H2,14,16,18)/t8-/m0/s1. The largest absolute Gasteiger partial charge is 0.362 e. The molecule has 0 spiro atoms. The molecule has 20 heavy (non-hydrogen) atoms. The Bertz CT molecular complexity index is 845. The minimum Gasteiger partial charge on any atom is -0.362 e. The van der Waals surface area contributed by atoms with Crippen LogP contribution in [-0.2, 0) is 0 Å². The van der Waals surface area contributed by atoms with Crippen molar-refractivity contribution in [3.63, 3.8) is 0 Å². The first kappa shape index (κ1) is 11.4. The number of rotatable bonds is 3. The first-order valence-electron chi connectivity index (χ1n) is 6.29. The Labute approximate surface area is 118 Å². The van der Waals surface area contributed by atoms with Gasteiger partial charge in [-0.2, -0.15) is 5.10 Å². The van der Waals surface area contributed by atoms with Gasteiger partial charge in [-0.1, -0.05) is 11.3 Å². The zero-order valence-corrected chi connectivity index (χ0v) is 11.6. The highest BCUT2D eigenvalue weighted by Gasteiger charge is 2.12. The number of aromatic amines is 1. The number of H-pyrrole nitrogens is 1. The second kappa shape index (κ2) is 4.31. The van der Waals surface area contributed by atoms with Crippen molar-refractivity contribution in [1.82, 2.24) is 24.6 Å². The van der Waals surface area contributed by atoms with Gasteiger partial charge in [-0.15, -0.1) is 0 Å². The van der Waals surface area contributed by atoms with E-state index in [9.17, 15) is 0 Å². The molecule has 0 aliphatic carbocycles. The van der Waals surface area contributed by atoms with E-state index in [1.165, 1.54) is 11.3 Å². The van der Waals surface area contributed by atoms with Crippen LogP contribution in [0, 0.1) is 0 Å². The topological polar surface area (TPSA) is 70.9 Å². The van der Waals surface area contributed by atoms with Crippen molar-refractivity contribution in [3.05, 3.63) is 41.8 Å². The average molecular weight is 284 g/mol. The summed E-state index contributed by atoms with van der Waals surface area (Å²) in [6.07, 6.45) is 3.83. The van der Waals surface area contributed by atoms with E-state index in [1.54, 1.807) is 10.0 Å². The summed E-state index contributed by atoms with van der Waals surface area (Å²) in [5.41, 5.74) is 3.62. The molecule has 0 fully saturated rings. The molecule has 0 unspecified atom stereocenters. The van der Waals surface area contributed by atoms with Gasteiger partial charge in [-0.3, -0.25) is 0 Å². The van der Waals surface area contributed by atoms with Crippen LogP contribution >= 0.6 is 11.3 Å². The molecular formula is C13H12N6S. The third-order valence-corrected chi connectivity index (χ3v) is 3.91. The van der Waals surface area contributed by atoms with Crippen LogP contribution in [0.3, 0.4) is 0 Å². The van der Waals surface area contributed by atoms with Gasteiger partial charge in [0.25, 0.3) is 0 Å². The van der Waals surface area contributed by atoms with Crippen molar-refractivity contribution < 1.29 is 0 Å². The zero-order chi connectivity index (χ0) is 13.5. The van der Waals surface area contributed by atoms with Crippen molar-refractivity contribution in [2.75, 3.05) is 5.32 Å². The first-order chi connectivity index (χ1) is 9.79. The summed E-state index contributed by atoms with van der Waals surface area (Å²) in [6.45, 7) is 2.06. The van der Waals surface area contributed by atoms with E-state index in [0.717, 1.165) is 27.5 Å². The third kappa shape index (κ3) is 1.83. The minimum atomic E-state index is 0.0730. The summed E-state index contributed by atoms with van der Waals surface area (Å²) in [5.74, 6) is 0.830. The summed E-state index contributed by atoms with van der Waals surface area (Å²) in [7, 11) is 0. The second-order valence-electron chi connectivity index (χ2n) is 4.61. The molecule has 0 amide bonds. The van der Waals surface area contributed by atoms with Crippen LogP contribution in [0.5, 0.6) is 0 Å². The van der Waals surface area contributed by atoms with Gasteiger partial charge in [0.15, 0.2) is 0 Å². The van der Waals surface area contributed by atoms with Crippen LogP contribution in [0.15, 0.2) is 36.1 Å². The quantitative estimate of drug-likeness (QED) is 0.607. The fraction of sp³-hybridized carbons (Fsp3) is 0.154. The predicted octanol–water partition coefficient (Wildman–Crippen LogP) is 2.84. The average Bonchev–Trinajstić information content (AvgIpc) is 3.12. The summed E-state index contributed by atoms with van der Waals surface area (Å²) in [5, 5.41) is 8.65. The zero-order valence-electron chi connectivity index (χ0n) is 10.7. The van der Waals surface area contributed by atoms with Gasteiger partial charge in [0.1, 0.15) is 17.0 Å². The number of hydrogen-bond acceptors (Lipinski definition) is 5. The number of fused-ring (bicyclic) bond motifs is 2. The van der Waals surface area contributed by atoms with E-state index >= 15 is 0 Å². The number of nitrogens with one attached hydrogen (secondary N) is 2. The van der Waals surface area contributed by atoms with Crippen LogP contribution in [0.25, 0.3) is 16.0 Å². The SMILES string of the molecule is C[C@H](Nc1ccc2cc[nH]c2n1)c1cn2ncsc2n1. The molecule has 4 aromatic rings. The maximum absolute atomic E-state index is 4.54. The number of imidazole rings is 1. The molecule has 0 saturated carbocycles. The Morgan fingerprint density at radius 2 is 2.25 bits per heavy atom. The number of aromatic nitrogens is 5. The lowest BCUT2D eigenvalue weighted by Gasteiger charge is -2.11. The smallest absolute Gasteiger partial charge is 0.212 e. The Balaban J connectivity index is 1.62. The molecule has 0 bridgehead atoms. The Hall–Kier alpha value is -2.41. The second-order valence-corrected chi connectivity index (χ2v) is 5.42. The van der Waals surface area contributed by atoms with Crippen molar-refractivity contribution >= 4 is 33.1 Å². The van der Waals surface area contributed by atoms with E-state index in [1.807, 2.05) is 30.6 Å². The fourth-order valence-corrected chi connectivity index (χ4v) is 2.78. The van der Waals surface area contributed by atoms with Gasteiger partial charge in [-0.25, -0.2) is 14.5 Å². The molecule has 6 nitrogen and oxygen atoms in total. The molecule has 1 atom stereocenters. The fourth-order valence-electron chi connectivity index (χ4n) is 2.17. The first-order valence-corrected chi connectivity index (χ1v) is 7.17. The highest BCUT2D eigenvalue weighted by Crippen LogP contribution is 2.20. The summed E-state index contributed by atoms with van der Waals surface area (Å²) >= 11 is 1.53. The molecule has 4 heterocycles. The molecule has 0 saturated heterocycles. The van der Waals surface area contributed by atoms with Crippen LogP contribution < -0.4 is 5.32 Å². The minimum absolute atomic E-state index is 0.0730. The lowest BCUT2D eigenvalue weighted by Crippen LogP contribution is -2.08. The molecule has 100 valence electrons. The van der Waals surface area contributed by atoms with Gasteiger partial charge >= 0.3 is 0 Å². The highest BCUT2D eigenvalue weighted by atomic mass is 32.1. The summed E-state index contributed by atoms with van der Waals surface area (Å²) in [4.78, 5) is 13.1. The number of nitrogens with zero attached hydrogens (tertiary/aromatic N) is 4. The van der Waals surface area contributed by atoms with Gasteiger partial charge in [0.05, 0.1) is 17.9 Å². The van der Waals surface area contributed by atoms with Gasteiger partial charge in [0.2, 0.25) is 4.96 Å². The molecule has 4 aromatic heterocycles. The molecule has 0 radical (unpaired) electrons. The van der Waals surface area contributed by atoms with E-state index in [4.69, 9.17) is 0 Å². The van der Waals surface area contributed by atoms with Gasteiger partial charge < -0.3 is 10.3 Å². The van der Waals surface area contributed by atoms with Crippen LogP contribution in [0.4, 0.5) is 5.82 Å². The summed E-state index contributed by atoms with van der Waals surface area (Å²) < 4.78 is 1.79.